The predicted octanol–water partition coefficient (Wildman–Crippen LogP) is 3.44. The molecule has 102 valence electrons. The molecule has 1 aromatic carbocycles. The van der Waals surface area contributed by atoms with E-state index in [9.17, 15) is 4.79 Å². The minimum absolute atomic E-state index is 0.215. The van der Waals surface area contributed by atoms with E-state index in [1.54, 1.807) is 0 Å². The van der Waals surface area contributed by atoms with Gasteiger partial charge in [-0.15, -0.1) is 11.3 Å². The number of aliphatic imine (C=N–C) groups is 1. The number of fused-ring (bicyclic) bond motifs is 1. The number of hydrogen-bond donors (Lipinski definition) is 0. The third-order valence-electron chi connectivity index (χ3n) is 2.90. The van der Waals surface area contributed by atoms with E-state index >= 15 is 0 Å². The van der Waals surface area contributed by atoms with E-state index in [0.29, 0.717) is 5.06 Å². The second-order valence-corrected chi connectivity index (χ2v) is 5.45. The fourth-order valence-electron chi connectivity index (χ4n) is 1.93. The van der Waals surface area contributed by atoms with Crippen LogP contribution in [0.25, 0.3) is 0 Å². The van der Waals surface area contributed by atoms with Gasteiger partial charge in [0.25, 0.3) is 0 Å². The van der Waals surface area contributed by atoms with Crippen LogP contribution in [0.3, 0.4) is 0 Å². The van der Waals surface area contributed by atoms with Crippen molar-refractivity contribution in [3.63, 3.8) is 0 Å². The normalized spacial score (nSPS) is 12.8. The zero-order chi connectivity index (χ0) is 13.8. The fraction of sp³-hybridized carbons (Fsp3) is 0.200. The largest absolute Gasteiger partial charge is 0.514 e. The Balaban J connectivity index is 1.56. The third-order valence-corrected chi connectivity index (χ3v) is 3.99. The van der Waals surface area contributed by atoms with Gasteiger partial charge in [-0.2, -0.15) is 0 Å². The van der Waals surface area contributed by atoms with E-state index in [-0.39, 0.29) is 6.61 Å². The van der Waals surface area contributed by atoms with Crippen LogP contribution >= 0.6 is 11.3 Å². The van der Waals surface area contributed by atoms with E-state index in [0.717, 1.165) is 24.1 Å². The van der Waals surface area contributed by atoms with Crippen LogP contribution in [0.1, 0.15) is 16.0 Å². The van der Waals surface area contributed by atoms with E-state index in [2.05, 4.69) is 4.99 Å². The topological polar surface area (TPSA) is 47.9 Å². The first-order chi connectivity index (χ1) is 9.81. The number of benzene rings is 1. The van der Waals surface area contributed by atoms with E-state index in [1.807, 2.05) is 42.6 Å². The van der Waals surface area contributed by atoms with Gasteiger partial charge >= 0.3 is 6.16 Å². The molecule has 4 nitrogen and oxygen atoms in total. The summed E-state index contributed by atoms with van der Waals surface area (Å²) in [5.74, 6) is 0. The number of thiophene rings is 1. The Morgan fingerprint density at radius 1 is 1.30 bits per heavy atom. The first-order valence-corrected chi connectivity index (χ1v) is 7.14. The molecule has 20 heavy (non-hydrogen) atoms. The lowest BCUT2D eigenvalue weighted by molar-refractivity contribution is 0.0940. The van der Waals surface area contributed by atoms with Crippen LogP contribution in [0.5, 0.6) is 5.06 Å². The van der Waals surface area contributed by atoms with Crippen molar-refractivity contribution in [2.24, 2.45) is 4.99 Å². The summed E-state index contributed by atoms with van der Waals surface area (Å²) in [6.07, 6.45) is 2.04. The molecule has 5 heteroatoms. The first kappa shape index (κ1) is 12.9. The van der Waals surface area contributed by atoms with Crippen molar-refractivity contribution in [2.45, 2.75) is 13.0 Å². The number of carbonyl (C=O) groups excluding carboxylic acids is 1. The van der Waals surface area contributed by atoms with E-state index in [4.69, 9.17) is 9.47 Å². The molecular weight excluding hydrogens is 274 g/mol. The molecule has 0 saturated heterocycles. The van der Waals surface area contributed by atoms with E-state index < -0.39 is 6.16 Å². The number of rotatable bonds is 3. The van der Waals surface area contributed by atoms with Crippen LogP contribution < -0.4 is 4.74 Å². The maximum Gasteiger partial charge on any atom is 0.514 e. The smallest absolute Gasteiger partial charge is 0.429 e. The Morgan fingerprint density at radius 3 is 2.95 bits per heavy atom. The third kappa shape index (κ3) is 3.05. The monoisotopic (exact) mass is 287 g/mol. The lowest BCUT2D eigenvalue weighted by Gasteiger charge is -2.04. The quantitative estimate of drug-likeness (QED) is 0.812. The molecule has 0 atom stereocenters. The zero-order valence-electron chi connectivity index (χ0n) is 10.7. The molecule has 1 aliphatic rings. The lowest BCUT2D eigenvalue weighted by Crippen LogP contribution is -2.09. The second-order valence-electron chi connectivity index (χ2n) is 4.36. The van der Waals surface area contributed by atoms with Crippen molar-refractivity contribution in [3.8, 4) is 5.06 Å². The van der Waals surface area contributed by atoms with Crippen LogP contribution in [-0.2, 0) is 17.8 Å². The highest BCUT2D eigenvalue weighted by Crippen LogP contribution is 2.30. The fourth-order valence-corrected chi connectivity index (χ4v) is 2.89. The van der Waals surface area contributed by atoms with Crippen molar-refractivity contribution >= 4 is 23.7 Å². The summed E-state index contributed by atoms with van der Waals surface area (Å²) in [6.45, 7) is 1.01. The average Bonchev–Trinajstić information content (AvgIpc) is 2.88. The maximum atomic E-state index is 11.6. The molecule has 0 N–H and O–H groups in total. The van der Waals surface area contributed by atoms with Gasteiger partial charge in [0.1, 0.15) is 6.61 Å². The molecule has 0 unspecified atom stereocenters. The molecule has 1 aliphatic heterocycles. The van der Waals surface area contributed by atoms with Gasteiger partial charge in [0.2, 0.25) is 0 Å². The van der Waals surface area contributed by atoms with Crippen LogP contribution in [-0.4, -0.2) is 18.9 Å². The number of hydrogen-bond acceptors (Lipinski definition) is 5. The summed E-state index contributed by atoms with van der Waals surface area (Å²) in [4.78, 5) is 17.0. The summed E-state index contributed by atoms with van der Waals surface area (Å²) < 4.78 is 10.3. The van der Waals surface area contributed by atoms with Crippen molar-refractivity contribution in [1.82, 2.24) is 0 Å². The number of nitrogens with zero attached hydrogens (tertiary/aromatic N) is 1. The molecule has 0 fully saturated rings. The van der Waals surface area contributed by atoms with Crippen LogP contribution in [0, 0.1) is 0 Å². The summed E-state index contributed by atoms with van der Waals surface area (Å²) in [6, 6.07) is 11.3. The van der Waals surface area contributed by atoms with Crippen LogP contribution in [0.15, 0.2) is 41.4 Å². The van der Waals surface area contributed by atoms with Crippen molar-refractivity contribution < 1.29 is 14.3 Å². The molecule has 2 aromatic rings. The molecular formula is C15H13NO3S. The highest BCUT2D eigenvalue weighted by atomic mass is 32.1. The van der Waals surface area contributed by atoms with Gasteiger partial charge in [-0.25, -0.2) is 4.79 Å². The standard InChI is InChI=1S/C15H13NO3S/c17-15(18-10-11-4-2-1-3-5-11)19-14-8-12-9-16-7-6-13(12)20-14/h1-5,8-9H,6-7,10H2. The lowest BCUT2D eigenvalue weighted by atomic mass is 10.2. The maximum absolute atomic E-state index is 11.6. The Labute approximate surface area is 120 Å². The molecule has 0 aliphatic carbocycles. The molecule has 0 saturated carbocycles. The van der Waals surface area contributed by atoms with Crippen molar-refractivity contribution in [2.75, 3.05) is 6.54 Å². The molecule has 0 radical (unpaired) electrons. The summed E-state index contributed by atoms with van der Waals surface area (Å²) >= 11 is 1.47. The molecule has 2 heterocycles. The highest BCUT2D eigenvalue weighted by molar-refractivity contribution is 7.14. The minimum Gasteiger partial charge on any atom is -0.429 e. The van der Waals surface area contributed by atoms with Gasteiger partial charge in [-0.05, 0) is 5.56 Å². The van der Waals surface area contributed by atoms with Gasteiger partial charge < -0.3 is 9.47 Å². The van der Waals surface area contributed by atoms with Gasteiger partial charge in [-0.1, -0.05) is 30.3 Å². The Hall–Kier alpha value is -2.14. The second kappa shape index (κ2) is 5.88. The van der Waals surface area contributed by atoms with Gasteiger partial charge in [0.15, 0.2) is 5.06 Å². The SMILES string of the molecule is O=C(OCc1ccccc1)Oc1cc2c(s1)CCN=C2. The Morgan fingerprint density at radius 2 is 2.15 bits per heavy atom. The predicted molar refractivity (Wildman–Crippen MR) is 77.7 cm³/mol. The molecule has 0 spiro atoms. The summed E-state index contributed by atoms with van der Waals surface area (Å²) in [7, 11) is 0. The minimum atomic E-state index is -0.676. The van der Waals surface area contributed by atoms with Crippen molar-refractivity contribution in [1.29, 1.82) is 0 Å². The first-order valence-electron chi connectivity index (χ1n) is 6.32. The van der Waals surface area contributed by atoms with Gasteiger partial charge in [-0.3, -0.25) is 4.99 Å². The zero-order valence-corrected chi connectivity index (χ0v) is 11.6. The highest BCUT2D eigenvalue weighted by Gasteiger charge is 2.14. The van der Waals surface area contributed by atoms with Crippen LogP contribution in [0.2, 0.25) is 0 Å². The molecule has 0 bridgehead atoms. The van der Waals surface area contributed by atoms with Crippen molar-refractivity contribution in [3.05, 3.63) is 52.4 Å². The average molecular weight is 287 g/mol. The van der Waals surface area contributed by atoms with E-state index in [1.165, 1.54) is 16.2 Å². The molecule has 1 aromatic heterocycles. The summed E-state index contributed by atoms with van der Waals surface area (Å²) in [5.41, 5.74) is 1.97. The summed E-state index contributed by atoms with van der Waals surface area (Å²) in [5, 5.41) is 0.557. The Bertz CT molecular complexity index is 634. The number of ether oxygens (including phenoxy) is 2. The van der Waals surface area contributed by atoms with Crippen LogP contribution in [0.4, 0.5) is 4.79 Å². The Kier molecular flexibility index (Phi) is 3.78. The van der Waals surface area contributed by atoms with Gasteiger partial charge in [0.05, 0.1) is 0 Å². The molecule has 0 amide bonds. The van der Waals surface area contributed by atoms with Gasteiger partial charge in [0, 0.05) is 35.7 Å². The molecule has 3 rings (SSSR count). The number of carbonyl (C=O) groups is 1.